The third kappa shape index (κ3) is 2.84. The van der Waals surface area contributed by atoms with Crippen LogP contribution < -0.4 is 0 Å². The van der Waals surface area contributed by atoms with Gasteiger partial charge in [-0.1, -0.05) is 18.5 Å². The maximum absolute atomic E-state index is 12.1. The number of nitrogens with zero attached hydrogens (tertiary/aromatic N) is 2. The smallest absolute Gasteiger partial charge is 0.178 e. The quantitative estimate of drug-likeness (QED) is 0.741. The van der Waals surface area contributed by atoms with Crippen LogP contribution in [0.3, 0.4) is 0 Å². The molecule has 114 valence electrons. The Labute approximate surface area is 133 Å². The number of rotatable bonds is 4. The van der Waals surface area contributed by atoms with Crippen LogP contribution >= 0.6 is 11.6 Å². The monoisotopic (exact) mass is 335 g/mol. The summed E-state index contributed by atoms with van der Waals surface area (Å²) in [6.45, 7) is 1.84. The molecule has 22 heavy (non-hydrogen) atoms. The fourth-order valence-electron chi connectivity index (χ4n) is 2.26. The molecule has 3 aromatic rings. The minimum Gasteiger partial charge on any atom is -0.338 e. The van der Waals surface area contributed by atoms with E-state index < -0.39 is 9.84 Å². The summed E-state index contributed by atoms with van der Waals surface area (Å²) in [4.78, 5) is 11.8. The van der Waals surface area contributed by atoms with E-state index in [-0.39, 0.29) is 5.75 Å². The standard InChI is InChI=1S/C15H14ClN3O2S/c1-2-7-22(20,21)11-3-4-12-13(9-11)19-15(18-12)10-5-6-17-14(16)8-10/h3-6,8-9H,2,7H2,1H3,(H,18,19). The van der Waals surface area contributed by atoms with Crippen molar-refractivity contribution in [1.29, 1.82) is 0 Å². The van der Waals surface area contributed by atoms with Crippen molar-refractivity contribution in [2.75, 3.05) is 5.75 Å². The van der Waals surface area contributed by atoms with E-state index in [0.29, 0.717) is 33.3 Å². The van der Waals surface area contributed by atoms with Crippen LogP contribution in [0.4, 0.5) is 0 Å². The molecule has 0 bridgehead atoms. The van der Waals surface area contributed by atoms with Gasteiger partial charge < -0.3 is 4.98 Å². The Bertz CT molecular complexity index is 935. The topological polar surface area (TPSA) is 75.7 Å². The van der Waals surface area contributed by atoms with Gasteiger partial charge >= 0.3 is 0 Å². The lowest BCUT2D eigenvalue weighted by Crippen LogP contribution is -2.05. The van der Waals surface area contributed by atoms with Crippen molar-refractivity contribution in [2.24, 2.45) is 0 Å². The molecule has 0 aliphatic rings. The van der Waals surface area contributed by atoms with Crippen LogP contribution in [0.1, 0.15) is 13.3 Å². The maximum Gasteiger partial charge on any atom is 0.178 e. The lowest BCUT2D eigenvalue weighted by atomic mass is 10.2. The first-order valence-electron chi connectivity index (χ1n) is 6.84. The van der Waals surface area contributed by atoms with Gasteiger partial charge in [0.15, 0.2) is 9.84 Å². The number of nitrogens with one attached hydrogen (secondary N) is 1. The fourth-order valence-corrected chi connectivity index (χ4v) is 3.78. The molecular weight excluding hydrogens is 322 g/mol. The second-order valence-electron chi connectivity index (χ2n) is 4.95. The number of H-pyrrole nitrogens is 1. The molecule has 0 saturated heterocycles. The first-order valence-corrected chi connectivity index (χ1v) is 8.87. The number of hydrogen-bond acceptors (Lipinski definition) is 4. The lowest BCUT2D eigenvalue weighted by Gasteiger charge is -2.01. The Hall–Kier alpha value is -1.92. The van der Waals surface area contributed by atoms with E-state index in [1.807, 2.05) is 6.92 Å². The van der Waals surface area contributed by atoms with Crippen molar-refractivity contribution in [3.63, 3.8) is 0 Å². The predicted molar refractivity (Wildman–Crippen MR) is 86.7 cm³/mol. The van der Waals surface area contributed by atoms with Gasteiger partial charge in [-0.05, 0) is 36.8 Å². The normalized spacial score (nSPS) is 11.9. The zero-order valence-electron chi connectivity index (χ0n) is 11.9. The molecule has 1 N–H and O–H groups in total. The van der Waals surface area contributed by atoms with Crippen LogP contribution in [0.2, 0.25) is 5.15 Å². The third-order valence-corrected chi connectivity index (χ3v) is 5.41. The summed E-state index contributed by atoms with van der Waals surface area (Å²) in [5.41, 5.74) is 2.19. The number of aromatic amines is 1. The van der Waals surface area contributed by atoms with Gasteiger partial charge in [-0.15, -0.1) is 0 Å². The number of pyridine rings is 1. The number of hydrogen-bond donors (Lipinski definition) is 1. The Morgan fingerprint density at radius 2 is 2.05 bits per heavy atom. The van der Waals surface area contributed by atoms with Crippen molar-refractivity contribution in [3.05, 3.63) is 41.7 Å². The average Bonchev–Trinajstić information content (AvgIpc) is 2.90. The molecule has 0 saturated carbocycles. The van der Waals surface area contributed by atoms with Crippen molar-refractivity contribution in [3.8, 4) is 11.4 Å². The van der Waals surface area contributed by atoms with E-state index in [4.69, 9.17) is 11.6 Å². The molecule has 0 unspecified atom stereocenters. The van der Waals surface area contributed by atoms with Crippen molar-refractivity contribution in [2.45, 2.75) is 18.2 Å². The van der Waals surface area contributed by atoms with E-state index in [1.54, 1.807) is 36.5 Å². The highest BCUT2D eigenvalue weighted by atomic mass is 35.5. The zero-order valence-corrected chi connectivity index (χ0v) is 13.4. The van der Waals surface area contributed by atoms with Gasteiger partial charge in [-0.25, -0.2) is 18.4 Å². The number of benzene rings is 1. The second-order valence-corrected chi connectivity index (χ2v) is 7.45. The first kappa shape index (κ1) is 15.0. The van der Waals surface area contributed by atoms with Crippen LogP contribution in [0, 0.1) is 0 Å². The van der Waals surface area contributed by atoms with Crippen molar-refractivity contribution < 1.29 is 8.42 Å². The van der Waals surface area contributed by atoms with Gasteiger partial charge in [-0.3, -0.25) is 0 Å². The highest BCUT2D eigenvalue weighted by molar-refractivity contribution is 7.91. The molecule has 0 amide bonds. The predicted octanol–water partition coefficient (Wildman–Crippen LogP) is 3.46. The molecule has 0 aliphatic heterocycles. The lowest BCUT2D eigenvalue weighted by molar-refractivity contribution is 0.595. The fraction of sp³-hybridized carbons (Fsp3) is 0.200. The summed E-state index contributed by atoms with van der Waals surface area (Å²) in [5, 5.41) is 0.379. The number of imidazole rings is 1. The largest absolute Gasteiger partial charge is 0.338 e. The van der Waals surface area contributed by atoms with Crippen LogP contribution in [0.25, 0.3) is 22.4 Å². The summed E-state index contributed by atoms with van der Waals surface area (Å²) in [6, 6.07) is 8.42. The van der Waals surface area contributed by atoms with E-state index in [0.717, 1.165) is 5.56 Å². The van der Waals surface area contributed by atoms with Crippen molar-refractivity contribution >= 4 is 32.5 Å². The Morgan fingerprint density at radius 3 is 2.77 bits per heavy atom. The number of fused-ring (bicyclic) bond motifs is 1. The molecule has 5 nitrogen and oxygen atoms in total. The molecule has 0 fully saturated rings. The summed E-state index contributed by atoms with van der Waals surface area (Å²) in [5.74, 6) is 0.767. The highest BCUT2D eigenvalue weighted by Crippen LogP contribution is 2.24. The third-order valence-electron chi connectivity index (χ3n) is 3.29. The van der Waals surface area contributed by atoms with E-state index >= 15 is 0 Å². The Balaban J connectivity index is 2.08. The van der Waals surface area contributed by atoms with Gasteiger partial charge in [0.25, 0.3) is 0 Å². The molecule has 7 heteroatoms. The highest BCUT2D eigenvalue weighted by Gasteiger charge is 2.15. The van der Waals surface area contributed by atoms with E-state index in [9.17, 15) is 8.42 Å². The SMILES string of the molecule is CCCS(=O)(=O)c1ccc2nc(-c3ccnc(Cl)c3)[nH]c2c1. The molecular formula is C15H14ClN3O2S. The first-order chi connectivity index (χ1) is 10.5. The average molecular weight is 336 g/mol. The number of sulfone groups is 1. The molecule has 0 spiro atoms. The molecule has 0 aliphatic carbocycles. The molecule has 2 aromatic heterocycles. The van der Waals surface area contributed by atoms with E-state index in [1.165, 1.54) is 0 Å². The van der Waals surface area contributed by atoms with Crippen LogP contribution in [0.15, 0.2) is 41.4 Å². The van der Waals surface area contributed by atoms with Crippen LogP contribution in [-0.4, -0.2) is 29.1 Å². The summed E-state index contributed by atoms with van der Waals surface area (Å²) < 4.78 is 24.3. The zero-order chi connectivity index (χ0) is 15.7. The minimum absolute atomic E-state index is 0.138. The van der Waals surface area contributed by atoms with Crippen LogP contribution in [0.5, 0.6) is 0 Å². The summed E-state index contributed by atoms with van der Waals surface area (Å²) in [6.07, 6.45) is 2.19. The van der Waals surface area contributed by atoms with Gasteiger partial charge in [0.05, 0.1) is 21.7 Å². The molecule has 0 atom stereocenters. The molecule has 1 aromatic carbocycles. The Kier molecular flexibility index (Phi) is 3.88. The van der Waals surface area contributed by atoms with Crippen LogP contribution in [-0.2, 0) is 9.84 Å². The van der Waals surface area contributed by atoms with Crippen molar-refractivity contribution in [1.82, 2.24) is 15.0 Å². The molecule has 0 radical (unpaired) electrons. The molecule has 3 rings (SSSR count). The summed E-state index contributed by atoms with van der Waals surface area (Å²) in [7, 11) is -3.24. The van der Waals surface area contributed by atoms with Gasteiger partial charge in [0.1, 0.15) is 11.0 Å². The van der Waals surface area contributed by atoms with E-state index in [2.05, 4.69) is 15.0 Å². The van der Waals surface area contributed by atoms with Gasteiger partial charge in [0.2, 0.25) is 0 Å². The molecule has 2 heterocycles. The van der Waals surface area contributed by atoms with Gasteiger partial charge in [0, 0.05) is 11.8 Å². The minimum atomic E-state index is -3.24. The Morgan fingerprint density at radius 1 is 1.23 bits per heavy atom. The number of halogens is 1. The second kappa shape index (κ2) is 5.70. The maximum atomic E-state index is 12.1. The number of aromatic nitrogens is 3. The summed E-state index contributed by atoms with van der Waals surface area (Å²) >= 11 is 5.88. The van der Waals surface area contributed by atoms with Gasteiger partial charge in [-0.2, -0.15) is 0 Å².